The molecule has 1 aromatic carbocycles. The van der Waals surface area contributed by atoms with Crippen molar-refractivity contribution in [3.05, 3.63) is 30.5 Å². The largest absolute Gasteiger partial charge is 0.390 e. The first kappa shape index (κ1) is 14.6. The van der Waals surface area contributed by atoms with E-state index in [-0.39, 0.29) is 24.2 Å². The Kier molecular flexibility index (Phi) is 3.16. The first-order chi connectivity index (χ1) is 12.2. The van der Waals surface area contributed by atoms with Crippen molar-refractivity contribution in [3.63, 3.8) is 0 Å². The van der Waals surface area contributed by atoms with Gasteiger partial charge in [0, 0.05) is 23.6 Å². The number of benzene rings is 1. The summed E-state index contributed by atoms with van der Waals surface area (Å²) in [6.07, 6.45) is 2.79. The molecule has 0 radical (unpaired) electrons. The Balaban J connectivity index is 1.52. The molecule has 2 bridgehead atoms. The quantitative estimate of drug-likeness (QED) is 0.568. The van der Waals surface area contributed by atoms with Crippen molar-refractivity contribution < 1.29 is 9.84 Å². The van der Waals surface area contributed by atoms with E-state index in [9.17, 15) is 5.11 Å². The van der Waals surface area contributed by atoms with Gasteiger partial charge in [-0.25, -0.2) is 4.98 Å². The van der Waals surface area contributed by atoms with Crippen LogP contribution in [-0.4, -0.2) is 49.6 Å². The van der Waals surface area contributed by atoms with Crippen LogP contribution in [0.4, 0.5) is 11.8 Å². The monoisotopic (exact) mass is 338 g/mol. The van der Waals surface area contributed by atoms with Gasteiger partial charge in [0.1, 0.15) is 11.9 Å². The van der Waals surface area contributed by atoms with E-state index in [0.717, 1.165) is 28.6 Å². The van der Waals surface area contributed by atoms with Gasteiger partial charge in [0.15, 0.2) is 0 Å². The van der Waals surface area contributed by atoms with E-state index in [4.69, 9.17) is 10.5 Å². The number of nitrogens with zero attached hydrogens (tertiary/aromatic N) is 3. The van der Waals surface area contributed by atoms with E-state index in [0.29, 0.717) is 12.2 Å². The van der Waals surface area contributed by atoms with E-state index in [1.807, 2.05) is 24.3 Å². The second kappa shape index (κ2) is 5.40. The molecule has 4 atom stereocenters. The molecule has 128 valence electrons. The topological polar surface area (TPSA) is 122 Å². The highest BCUT2D eigenvalue weighted by atomic mass is 16.5. The lowest BCUT2D eigenvalue weighted by Crippen LogP contribution is -2.39. The number of aromatic nitrogens is 4. The molecule has 8 nitrogen and oxygen atoms in total. The molecule has 5 N–H and O–H groups in total. The summed E-state index contributed by atoms with van der Waals surface area (Å²) in [5, 5.41) is 21.3. The zero-order valence-electron chi connectivity index (χ0n) is 13.4. The summed E-state index contributed by atoms with van der Waals surface area (Å²) in [4.78, 5) is 8.72. The smallest absolute Gasteiger partial charge is 0.222 e. The minimum atomic E-state index is -0.423. The number of nitrogen functional groups attached to an aromatic ring is 1. The fraction of sp³-hybridized carbons (Fsp3) is 0.353. The van der Waals surface area contributed by atoms with Crippen LogP contribution in [0.1, 0.15) is 12.8 Å². The van der Waals surface area contributed by atoms with Gasteiger partial charge in [-0.1, -0.05) is 6.07 Å². The number of H-pyrrole nitrogens is 1. The molecule has 0 amide bonds. The first-order valence-electron chi connectivity index (χ1n) is 8.34. The van der Waals surface area contributed by atoms with Crippen LogP contribution >= 0.6 is 0 Å². The zero-order valence-corrected chi connectivity index (χ0v) is 13.4. The Bertz CT molecular complexity index is 928. The third-order valence-electron chi connectivity index (χ3n) is 4.99. The molecule has 4 heterocycles. The number of aliphatic hydroxyl groups is 1. The number of ether oxygens (including phenoxy) is 1. The molecule has 2 aliphatic heterocycles. The number of fused-ring (bicyclic) bond motifs is 3. The predicted octanol–water partition coefficient (Wildman–Crippen LogP) is 1.30. The Morgan fingerprint density at radius 1 is 1.24 bits per heavy atom. The molecule has 0 unspecified atom stereocenters. The van der Waals surface area contributed by atoms with Crippen LogP contribution in [0, 0.1) is 0 Å². The fourth-order valence-corrected chi connectivity index (χ4v) is 3.86. The lowest BCUT2D eigenvalue weighted by molar-refractivity contribution is 0.0493. The van der Waals surface area contributed by atoms with E-state index in [2.05, 4.69) is 25.5 Å². The number of aliphatic hydroxyl groups excluding tert-OH is 1. The molecule has 0 saturated carbocycles. The first-order valence-corrected chi connectivity index (χ1v) is 8.34. The van der Waals surface area contributed by atoms with Crippen LogP contribution in [0.25, 0.3) is 22.2 Å². The van der Waals surface area contributed by atoms with E-state index < -0.39 is 6.10 Å². The Hall–Kier alpha value is -2.71. The molecule has 0 aliphatic carbocycles. The fourth-order valence-electron chi connectivity index (χ4n) is 3.86. The van der Waals surface area contributed by atoms with Crippen LogP contribution < -0.4 is 11.1 Å². The molecule has 2 saturated heterocycles. The van der Waals surface area contributed by atoms with Crippen LogP contribution in [0.5, 0.6) is 0 Å². The molecule has 3 aromatic rings. The van der Waals surface area contributed by atoms with E-state index >= 15 is 0 Å². The number of aromatic amines is 1. The van der Waals surface area contributed by atoms with Gasteiger partial charge in [-0.05, 0) is 24.6 Å². The standard InChI is InChI=1S/C17H18N6O2/c18-17-21-12-5-8(11-3-4-19-23-11)1-2-10(12)16(22-17)20-13-6-9-7-14(24)15(13)25-9/h1-5,9,13-15,24H,6-7H2,(H,19,23)(H3,18,20,21,22)/t9-,13+,14-,15+/m0/s1. The van der Waals surface area contributed by atoms with Gasteiger partial charge in [0.25, 0.3) is 0 Å². The predicted molar refractivity (Wildman–Crippen MR) is 92.8 cm³/mol. The van der Waals surface area contributed by atoms with Crippen LogP contribution in [-0.2, 0) is 4.74 Å². The highest BCUT2D eigenvalue weighted by Gasteiger charge is 2.47. The van der Waals surface area contributed by atoms with Gasteiger partial charge in [-0.2, -0.15) is 10.1 Å². The number of rotatable bonds is 3. The van der Waals surface area contributed by atoms with Gasteiger partial charge < -0.3 is 20.9 Å². The summed E-state index contributed by atoms with van der Waals surface area (Å²) >= 11 is 0. The van der Waals surface area contributed by atoms with Crippen molar-refractivity contribution in [2.45, 2.75) is 37.2 Å². The van der Waals surface area contributed by atoms with Crippen LogP contribution in [0.15, 0.2) is 30.5 Å². The molecule has 0 spiro atoms. The van der Waals surface area contributed by atoms with E-state index in [1.54, 1.807) is 6.20 Å². The number of hydrogen-bond donors (Lipinski definition) is 4. The molecule has 2 fully saturated rings. The third-order valence-corrected chi connectivity index (χ3v) is 4.99. The maximum atomic E-state index is 10.0. The Morgan fingerprint density at radius 2 is 2.16 bits per heavy atom. The zero-order chi connectivity index (χ0) is 17.0. The minimum absolute atomic E-state index is 0.0264. The molecular weight excluding hydrogens is 320 g/mol. The summed E-state index contributed by atoms with van der Waals surface area (Å²) in [5.74, 6) is 0.883. The summed E-state index contributed by atoms with van der Waals surface area (Å²) < 4.78 is 5.78. The SMILES string of the molecule is Nc1nc(N[C@@H]2C[C@H]3C[C@H](O)[C@@H]2O3)c2ccc(-c3ccn[nH]3)cc2n1. The summed E-state index contributed by atoms with van der Waals surface area (Å²) in [6, 6.07) is 7.85. The van der Waals surface area contributed by atoms with Gasteiger partial charge in [-0.3, -0.25) is 5.10 Å². The van der Waals surface area contributed by atoms with Crippen molar-refractivity contribution in [1.29, 1.82) is 0 Å². The van der Waals surface area contributed by atoms with Crippen molar-refractivity contribution in [3.8, 4) is 11.3 Å². The average Bonchev–Trinajstić information content (AvgIpc) is 3.30. The number of nitrogens with two attached hydrogens (primary N) is 1. The van der Waals surface area contributed by atoms with Gasteiger partial charge >= 0.3 is 0 Å². The highest BCUT2D eigenvalue weighted by molar-refractivity contribution is 5.92. The van der Waals surface area contributed by atoms with E-state index in [1.165, 1.54) is 0 Å². The van der Waals surface area contributed by atoms with Gasteiger partial charge in [0.05, 0.1) is 29.5 Å². The maximum absolute atomic E-state index is 10.0. The molecule has 8 heteroatoms. The Morgan fingerprint density at radius 3 is 2.92 bits per heavy atom. The minimum Gasteiger partial charge on any atom is -0.390 e. The average molecular weight is 338 g/mol. The van der Waals surface area contributed by atoms with Crippen LogP contribution in [0.2, 0.25) is 0 Å². The Labute approximate surface area is 143 Å². The number of anilines is 2. The van der Waals surface area contributed by atoms with Crippen molar-refractivity contribution in [1.82, 2.24) is 20.2 Å². The number of nitrogens with one attached hydrogen (secondary N) is 2. The normalized spacial score (nSPS) is 27.9. The second-order valence-electron chi connectivity index (χ2n) is 6.64. The summed E-state index contributed by atoms with van der Waals surface area (Å²) in [5.41, 5.74) is 8.56. The van der Waals surface area contributed by atoms with Crippen molar-refractivity contribution in [2.75, 3.05) is 11.1 Å². The molecule has 2 aliphatic rings. The highest BCUT2D eigenvalue weighted by Crippen LogP contribution is 2.37. The summed E-state index contributed by atoms with van der Waals surface area (Å²) in [7, 11) is 0. The molecule has 5 rings (SSSR count). The van der Waals surface area contributed by atoms with Crippen molar-refractivity contribution >= 4 is 22.7 Å². The molecule has 25 heavy (non-hydrogen) atoms. The lowest BCUT2D eigenvalue weighted by atomic mass is 9.93. The maximum Gasteiger partial charge on any atom is 0.222 e. The summed E-state index contributed by atoms with van der Waals surface area (Å²) in [6.45, 7) is 0. The second-order valence-corrected chi connectivity index (χ2v) is 6.64. The van der Waals surface area contributed by atoms with Gasteiger partial charge in [-0.15, -0.1) is 0 Å². The molecule has 2 aromatic heterocycles. The van der Waals surface area contributed by atoms with Crippen molar-refractivity contribution in [2.24, 2.45) is 0 Å². The third kappa shape index (κ3) is 2.41. The van der Waals surface area contributed by atoms with Gasteiger partial charge in [0.2, 0.25) is 5.95 Å². The lowest BCUT2D eigenvalue weighted by Gasteiger charge is -2.25. The number of hydrogen-bond acceptors (Lipinski definition) is 7. The van der Waals surface area contributed by atoms with Crippen LogP contribution in [0.3, 0.4) is 0 Å². The molecular formula is C17H18N6O2.